The van der Waals surface area contributed by atoms with Gasteiger partial charge in [0.05, 0.1) is 17.6 Å². The van der Waals surface area contributed by atoms with Crippen LogP contribution in [0.4, 0.5) is 4.39 Å². The molecule has 28 heavy (non-hydrogen) atoms. The minimum absolute atomic E-state index is 0.307. The molecule has 4 heterocycles. The fraction of sp³-hybridized carbons (Fsp3) is 0.381. The molecule has 144 valence electrons. The Morgan fingerprint density at radius 2 is 1.93 bits per heavy atom. The van der Waals surface area contributed by atoms with Crippen LogP contribution in [-0.4, -0.2) is 37.5 Å². The van der Waals surface area contributed by atoms with Gasteiger partial charge in [-0.15, -0.1) is 0 Å². The van der Waals surface area contributed by atoms with Crippen molar-refractivity contribution in [3.05, 3.63) is 47.7 Å². The molecular formula is C21H23FN6. The molecule has 0 spiro atoms. The summed E-state index contributed by atoms with van der Waals surface area (Å²) in [4.78, 5) is 4.48. The molecule has 1 N–H and O–H groups in total. The number of rotatable bonds is 3. The van der Waals surface area contributed by atoms with Gasteiger partial charge in [0.15, 0.2) is 11.5 Å². The van der Waals surface area contributed by atoms with E-state index in [2.05, 4.69) is 20.5 Å². The van der Waals surface area contributed by atoms with Gasteiger partial charge in [0.1, 0.15) is 5.52 Å². The van der Waals surface area contributed by atoms with E-state index in [0.29, 0.717) is 11.4 Å². The van der Waals surface area contributed by atoms with Crippen LogP contribution in [0.5, 0.6) is 0 Å². The molecule has 1 aliphatic rings. The number of piperidine rings is 1. The molecule has 1 fully saturated rings. The maximum absolute atomic E-state index is 14.8. The van der Waals surface area contributed by atoms with Crippen molar-refractivity contribution in [2.75, 3.05) is 13.1 Å². The van der Waals surface area contributed by atoms with E-state index in [1.807, 2.05) is 43.1 Å². The average Bonchev–Trinajstić information content (AvgIpc) is 3.25. The SMILES string of the molecule is Cc1cn2nc(-c3cc(F)c4nn(CC5CCNCC5)cc4c3)cc(C)c2n1. The second kappa shape index (κ2) is 6.67. The Kier molecular flexibility index (Phi) is 4.12. The highest BCUT2D eigenvalue weighted by Gasteiger charge is 2.16. The van der Waals surface area contributed by atoms with Crippen LogP contribution in [0.2, 0.25) is 0 Å². The van der Waals surface area contributed by atoms with Crippen LogP contribution in [0, 0.1) is 25.6 Å². The minimum atomic E-state index is -0.307. The third-order valence-electron chi connectivity index (χ3n) is 5.54. The molecular weight excluding hydrogens is 355 g/mol. The van der Waals surface area contributed by atoms with Crippen molar-refractivity contribution in [3.8, 4) is 11.3 Å². The van der Waals surface area contributed by atoms with Crippen molar-refractivity contribution >= 4 is 16.6 Å². The second-order valence-corrected chi connectivity index (χ2v) is 7.80. The van der Waals surface area contributed by atoms with E-state index in [4.69, 9.17) is 0 Å². The molecule has 4 aromatic rings. The topological polar surface area (TPSA) is 60.0 Å². The number of nitrogens with one attached hydrogen (secondary N) is 1. The first kappa shape index (κ1) is 17.3. The molecule has 1 saturated heterocycles. The summed E-state index contributed by atoms with van der Waals surface area (Å²) in [5.41, 5.74) is 4.66. The first-order chi connectivity index (χ1) is 13.6. The summed E-state index contributed by atoms with van der Waals surface area (Å²) < 4.78 is 18.5. The Labute approximate surface area is 162 Å². The summed E-state index contributed by atoms with van der Waals surface area (Å²) in [6.45, 7) is 6.87. The highest BCUT2D eigenvalue weighted by Crippen LogP contribution is 2.27. The van der Waals surface area contributed by atoms with Crippen molar-refractivity contribution in [3.63, 3.8) is 0 Å². The number of aryl methyl sites for hydroxylation is 2. The standard InChI is InChI=1S/C21H23FN6/c1-13-7-19(25-28-10-14(2)24-21(13)28)16-8-17-12-27(26-20(17)18(22)9-16)11-15-3-5-23-6-4-15/h7-10,12,15,23H,3-6,11H2,1-2H3. The number of aromatic nitrogens is 5. The van der Waals surface area contributed by atoms with Crippen LogP contribution in [0.1, 0.15) is 24.1 Å². The van der Waals surface area contributed by atoms with E-state index in [0.717, 1.165) is 66.0 Å². The predicted molar refractivity (Wildman–Crippen MR) is 107 cm³/mol. The quantitative estimate of drug-likeness (QED) is 0.593. The number of hydrogen-bond donors (Lipinski definition) is 1. The number of nitrogens with zero attached hydrogens (tertiary/aromatic N) is 5. The highest BCUT2D eigenvalue weighted by atomic mass is 19.1. The van der Waals surface area contributed by atoms with Crippen molar-refractivity contribution in [1.82, 2.24) is 29.7 Å². The van der Waals surface area contributed by atoms with E-state index < -0.39 is 0 Å². The van der Waals surface area contributed by atoms with Crippen molar-refractivity contribution in [1.29, 1.82) is 0 Å². The smallest absolute Gasteiger partial charge is 0.156 e. The third-order valence-corrected chi connectivity index (χ3v) is 5.54. The predicted octanol–water partition coefficient (Wildman–Crippen LogP) is 3.50. The Morgan fingerprint density at radius 3 is 2.75 bits per heavy atom. The van der Waals surface area contributed by atoms with Crippen LogP contribution < -0.4 is 5.32 Å². The molecule has 0 atom stereocenters. The fourth-order valence-corrected chi connectivity index (χ4v) is 4.10. The van der Waals surface area contributed by atoms with Crippen LogP contribution in [0.3, 0.4) is 0 Å². The van der Waals surface area contributed by atoms with Crippen LogP contribution in [-0.2, 0) is 6.54 Å². The van der Waals surface area contributed by atoms with Gasteiger partial charge in [-0.1, -0.05) is 0 Å². The van der Waals surface area contributed by atoms with Gasteiger partial charge in [-0.3, -0.25) is 4.68 Å². The lowest BCUT2D eigenvalue weighted by atomic mass is 9.98. The largest absolute Gasteiger partial charge is 0.317 e. The maximum atomic E-state index is 14.8. The van der Waals surface area contributed by atoms with E-state index >= 15 is 0 Å². The Bertz CT molecular complexity index is 1170. The Balaban J connectivity index is 1.53. The van der Waals surface area contributed by atoms with Gasteiger partial charge in [0.25, 0.3) is 0 Å². The zero-order valence-corrected chi connectivity index (χ0v) is 16.1. The van der Waals surface area contributed by atoms with Gasteiger partial charge in [0, 0.05) is 23.7 Å². The Hall–Kier alpha value is -2.80. The summed E-state index contributed by atoms with van der Waals surface area (Å²) in [6, 6.07) is 5.46. The molecule has 0 aliphatic carbocycles. The number of hydrogen-bond acceptors (Lipinski definition) is 4. The summed E-state index contributed by atoms with van der Waals surface area (Å²) in [5.74, 6) is 0.284. The number of halogens is 1. The molecule has 1 aromatic carbocycles. The minimum Gasteiger partial charge on any atom is -0.317 e. The molecule has 0 unspecified atom stereocenters. The number of fused-ring (bicyclic) bond motifs is 2. The molecule has 0 bridgehead atoms. The third kappa shape index (κ3) is 3.05. The normalized spacial score (nSPS) is 15.7. The van der Waals surface area contributed by atoms with Crippen LogP contribution in [0.25, 0.3) is 27.8 Å². The van der Waals surface area contributed by atoms with E-state index in [9.17, 15) is 4.39 Å². The summed E-state index contributed by atoms with van der Waals surface area (Å²) >= 11 is 0. The van der Waals surface area contributed by atoms with Gasteiger partial charge in [-0.25, -0.2) is 13.9 Å². The zero-order chi connectivity index (χ0) is 19.3. The van der Waals surface area contributed by atoms with Gasteiger partial charge >= 0.3 is 0 Å². The average molecular weight is 378 g/mol. The summed E-state index contributed by atoms with van der Waals surface area (Å²) in [7, 11) is 0. The molecule has 3 aromatic heterocycles. The zero-order valence-electron chi connectivity index (χ0n) is 16.1. The molecule has 0 saturated carbocycles. The van der Waals surface area contributed by atoms with Gasteiger partial charge in [-0.2, -0.15) is 10.2 Å². The molecule has 0 radical (unpaired) electrons. The van der Waals surface area contributed by atoms with Crippen molar-refractivity contribution in [2.24, 2.45) is 5.92 Å². The van der Waals surface area contributed by atoms with Crippen molar-refractivity contribution in [2.45, 2.75) is 33.2 Å². The van der Waals surface area contributed by atoms with Crippen LogP contribution in [0.15, 0.2) is 30.6 Å². The molecule has 6 nitrogen and oxygen atoms in total. The molecule has 5 rings (SSSR count). The van der Waals surface area contributed by atoms with Gasteiger partial charge in [0.2, 0.25) is 0 Å². The van der Waals surface area contributed by atoms with Gasteiger partial charge < -0.3 is 5.32 Å². The molecule has 0 amide bonds. The lowest BCUT2D eigenvalue weighted by Crippen LogP contribution is -2.29. The highest BCUT2D eigenvalue weighted by molar-refractivity contribution is 5.84. The van der Waals surface area contributed by atoms with Gasteiger partial charge in [-0.05, 0) is 69.5 Å². The Morgan fingerprint density at radius 1 is 1.11 bits per heavy atom. The lowest BCUT2D eigenvalue weighted by molar-refractivity contribution is 0.322. The maximum Gasteiger partial charge on any atom is 0.156 e. The number of benzene rings is 1. The van der Waals surface area contributed by atoms with Crippen molar-refractivity contribution < 1.29 is 4.39 Å². The molecule has 1 aliphatic heterocycles. The van der Waals surface area contributed by atoms with Crippen LogP contribution >= 0.6 is 0 Å². The van der Waals surface area contributed by atoms with E-state index in [1.165, 1.54) is 6.07 Å². The lowest BCUT2D eigenvalue weighted by Gasteiger charge is -2.22. The number of imidazole rings is 1. The summed E-state index contributed by atoms with van der Waals surface area (Å²) in [6.07, 6.45) is 6.11. The summed E-state index contributed by atoms with van der Waals surface area (Å²) in [5, 5.41) is 13.3. The first-order valence-corrected chi connectivity index (χ1v) is 9.78. The second-order valence-electron chi connectivity index (χ2n) is 7.80. The van der Waals surface area contributed by atoms with E-state index in [1.54, 1.807) is 4.52 Å². The fourth-order valence-electron chi connectivity index (χ4n) is 4.10. The first-order valence-electron chi connectivity index (χ1n) is 9.78. The molecule has 7 heteroatoms. The monoisotopic (exact) mass is 378 g/mol. The van der Waals surface area contributed by atoms with E-state index in [-0.39, 0.29) is 5.82 Å².